The molecule has 0 spiro atoms. The van der Waals surface area contributed by atoms with E-state index in [2.05, 4.69) is 10.2 Å². The Bertz CT molecular complexity index is 392. The van der Waals surface area contributed by atoms with Crippen LogP contribution in [0.3, 0.4) is 0 Å². The van der Waals surface area contributed by atoms with Crippen molar-refractivity contribution < 1.29 is 4.39 Å². The number of hydrogen-bond donors (Lipinski definition) is 1. The molecule has 19 heavy (non-hydrogen) atoms. The fourth-order valence-electron chi connectivity index (χ4n) is 3.67. The van der Waals surface area contributed by atoms with E-state index >= 15 is 0 Å². The molecule has 1 aromatic carbocycles. The van der Waals surface area contributed by atoms with Gasteiger partial charge in [0.05, 0.1) is 0 Å². The first-order chi connectivity index (χ1) is 9.34. The van der Waals surface area contributed by atoms with Gasteiger partial charge in [0.15, 0.2) is 0 Å². The van der Waals surface area contributed by atoms with E-state index in [9.17, 15) is 4.39 Å². The molecular formula is C16H23FN2. The minimum Gasteiger partial charge on any atom is -0.314 e. The molecule has 1 atom stereocenters. The van der Waals surface area contributed by atoms with Gasteiger partial charge in [-0.3, -0.25) is 4.90 Å². The zero-order valence-corrected chi connectivity index (χ0v) is 11.4. The Labute approximate surface area is 115 Å². The largest absolute Gasteiger partial charge is 0.314 e. The van der Waals surface area contributed by atoms with Gasteiger partial charge in [0, 0.05) is 32.2 Å². The molecule has 104 valence electrons. The second-order valence-electron chi connectivity index (χ2n) is 5.83. The summed E-state index contributed by atoms with van der Waals surface area (Å²) < 4.78 is 13.1. The van der Waals surface area contributed by atoms with E-state index in [0.29, 0.717) is 6.04 Å². The number of hydrogen-bond acceptors (Lipinski definition) is 2. The summed E-state index contributed by atoms with van der Waals surface area (Å²) in [4.78, 5) is 2.60. The first-order valence-corrected chi connectivity index (χ1v) is 7.55. The monoisotopic (exact) mass is 262 g/mol. The Kier molecular flexibility index (Phi) is 4.14. The lowest BCUT2D eigenvalue weighted by atomic mass is 9.90. The lowest BCUT2D eigenvalue weighted by Crippen LogP contribution is -2.46. The zero-order valence-electron chi connectivity index (χ0n) is 11.4. The Balaban J connectivity index is 1.83. The van der Waals surface area contributed by atoms with Gasteiger partial charge in [-0.05, 0) is 36.5 Å². The maximum absolute atomic E-state index is 13.1. The van der Waals surface area contributed by atoms with E-state index in [0.717, 1.165) is 32.1 Å². The van der Waals surface area contributed by atoms with E-state index in [-0.39, 0.29) is 5.82 Å². The molecule has 3 rings (SSSR count). The van der Waals surface area contributed by atoms with E-state index in [1.165, 1.54) is 31.2 Å². The van der Waals surface area contributed by atoms with Crippen LogP contribution >= 0.6 is 0 Å². The number of halogens is 1. The quantitative estimate of drug-likeness (QED) is 0.901. The lowest BCUT2D eigenvalue weighted by molar-refractivity contribution is 0.125. The van der Waals surface area contributed by atoms with Crippen LogP contribution in [0.5, 0.6) is 0 Å². The number of piperazine rings is 1. The average Bonchev–Trinajstić information content (AvgIpc) is 2.96. The minimum atomic E-state index is -0.130. The first kappa shape index (κ1) is 13.1. The third-order valence-corrected chi connectivity index (χ3v) is 4.60. The van der Waals surface area contributed by atoms with Crippen molar-refractivity contribution in [1.82, 2.24) is 10.2 Å². The van der Waals surface area contributed by atoms with E-state index in [1.807, 2.05) is 12.1 Å². The Morgan fingerprint density at radius 1 is 1.05 bits per heavy atom. The van der Waals surface area contributed by atoms with Crippen molar-refractivity contribution >= 4 is 0 Å². The second-order valence-corrected chi connectivity index (χ2v) is 5.83. The molecule has 2 aliphatic rings. The van der Waals surface area contributed by atoms with Crippen molar-refractivity contribution in [3.8, 4) is 0 Å². The highest BCUT2D eigenvalue weighted by Gasteiger charge is 2.31. The molecule has 0 bridgehead atoms. The van der Waals surface area contributed by atoms with E-state index < -0.39 is 0 Å². The highest BCUT2D eigenvalue weighted by atomic mass is 19.1. The summed E-state index contributed by atoms with van der Waals surface area (Å²) in [5, 5.41) is 3.42. The summed E-state index contributed by atoms with van der Waals surface area (Å²) in [7, 11) is 0. The van der Waals surface area contributed by atoms with Crippen LogP contribution in [0, 0.1) is 11.7 Å². The van der Waals surface area contributed by atoms with Crippen molar-refractivity contribution in [1.29, 1.82) is 0 Å². The third kappa shape index (κ3) is 2.98. The maximum Gasteiger partial charge on any atom is 0.123 e. The molecule has 2 fully saturated rings. The Hall–Kier alpha value is -0.930. The summed E-state index contributed by atoms with van der Waals surface area (Å²) in [6, 6.07) is 7.69. The molecule has 0 aromatic heterocycles. The summed E-state index contributed by atoms with van der Waals surface area (Å²) >= 11 is 0. The molecular weight excluding hydrogens is 239 g/mol. The summed E-state index contributed by atoms with van der Waals surface area (Å²) in [5.41, 5.74) is 1.30. The zero-order chi connectivity index (χ0) is 13.1. The van der Waals surface area contributed by atoms with Crippen LogP contribution in [0.25, 0.3) is 0 Å². The molecule has 1 aliphatic heterocycles. The predicted octanol–water partition coefficient (Wildman–Crippen LogP) is 2.96. The highest BCUT2D eigenvalue weighted by Crippen LogP contribution is 2.39. The van der Waals surface area contributed by atoms with Gasteiger partial charge in [0.1, 0.15) is 5.82 Å². The topological polar surface area (TPSA) is 15.3 Å². The molecule has 1 N–H and O–H groups in total. The Morgan fingerprint density at radius 2 is 1.68 bits per heavy atom. The van der Waals surface area contributed by atoms with Gasteiger partial charge < -0.3 is 5.32 Å². The molecule has 1 saturated heterocycles. The number of benzene rings is 1. The Morgan fingerprint density at radius 3 is 2.32 bits per heavy atom. The summed E-state index contributed by atoms with van der Waals surface area (Å²) in [5.74, 6) is 0.623. The molecule has 1 aromatic rings. The van der Waals surface area contributed by atoms with Crippen molar-refractivity contribution in [2.24, 2.45) is 5.92 Å². The van der Waals surface area contributed by atoms with Crippen molar-refractivity contribution in [3.63, 3.8) is 0 Å². The van der Waals surface area contributed by atoms with Crippen LogP contribution in [-0.4, -0.2) is 31.1 Å². The number of rotatable bonds is 3. The van der Waals surface area contributed by atoms with Crippen LogP contribution in [0.15, 0.2) is 24.3 Å². The van der Waals surface area contributed by atoms with Crippen molar-refractivity contribution in [3.05, 3.63) is 35.6 Å². The van der Waals surface area contributed by atoms with Crippen molar-refractivity contribution in [2.75, 3.05) is 26.2 Å². The molecule has 1 heterocycles. The molecule has 1 unspecified atom stereocenters. The summed E-state index contributed by atoms with van der Waals surface area (Å²) in [6.07, 6.45) is 5.36. The SMILES string of the molecule is Fc1ccc(C(C2CCCC2)N2CCNCC2)cc1. The van der Waals surface area contributed by atoms with Crippen LogP contribution in [0.2, 0.25) is 0 Å². The second kappa shape index (κ2) is 6.02. The highest BCUT2D eigenvalue weighted by molar-refractivity contribution is 5.21. The van der Waals surface area contributed by atoms with Crippen LogP contribution < -0.4 is 5.32 Å². The third-order valence-electron chi connectivity index (χ3n) is 4.60. The van der Waals surface area contributed by atoms with Gasteiger partial charge >= 0.3 is 0 Å². The molecule has 1 saturated carbocycles. The first-order valence-electron chi connectivity index (χ1n) is 7.55. The van der Waals surface area contributed by atoms with Gasteiger partial charge in [-0.25, -0.2) is 4.39 Å². The average molecular weight is 262 g/mol. The van der Waals surface area contributed by atoms with E-state index in [4.69, 9.17) is 0 Å². The fraction of sp³-hybridized carbons (Fsp3) is 0.625. The predicted molar refractivity (Wildman–Crippen MR) is 75.5 cm³/mol. The number of nitrogens with one attached hydrogen (secondary N) is 1. The maximum atomic E-state index is 13.1. The standard InChI is InChI=1S/C16H23FN2/c17-15-7-5-14(6-8-15)16(13-3-1-2-4-13)19-11-9-18-10-12-19/h5-8,13,16,18H,1-4,9-12H2. The minimum absolute atomic E-state index is 0.130. The van der Waals surface area contributed by atoms with Crippen molar-refractivity contribution in [2.45, 2.75) is 31.7 Å². The smallest absolute Gasteiger partial charge is 0.123 e. The molecule has 0 amide bonds. The lowest BCUT2D eigenvalue weighted by Gasteiger charge is -2.38. The van der Waals surface area contributed by atoms with Gasteiger partial charge in [0.2, 0.25) is 0 Å². The molecule has 1 aliphatic carbocycles. The number of nitrogens with zero attached hydrogens (tertiary/aromatic N) is 1. The van der Waals surface area contributed by atoms with Gasteiger partial charge in [-0.2, -0.15) is 0 Å². The van der Waals surface area contributed by atoms with E-state index in [1.54, 1.807) is 12.1 Å². The molecule has 3 heteroatoms. The summed E-state index contributed by atoms with van der Waals surface area (Å²) in [6.45, 7) is 4.37. The van der Waals surface area contributed by atoms with Crippen LogP contribution in [-0.2, 0) is 0 Å². The van der Waals surface area contributed by atoms with Crippen LogP contribution in [0.1, 0.15) is 37.3 Å². The van der Waals surface area contributed by atoms with Gasteiger partial charge in [-0.1, -0.05) is 25.0 Å². The molecule has 2 nitrogen and oxygen atoms in total. The molecule has 0 radical (unpaired) electrons. The van der Waals surface area contributed by atoms with Gasteiger partial charge in [-0.15, -0.1) is 0 Å². The fourth-order valence-corrected chi connectivity index (χ4v) is 3.67. The normalized spacial score (nSPS) is 23.6. The van der Waals surface area contributed by atoms with Gasteiger partial charge in [0.25, 0.3) is 0 Å². The van der Waals surface area contributed by atoms with Crippen LogP contribution in [0.4, 0.5) is 4.39 Å².